The fraction of sp³-hybridized carbons (Fsp3) is 0. The molecule has 0 saturated carbocycles. The molecular formula is C20H13BrN3. The summed E-state index contributed by atoms with van der Waals surface area (Å²) in [6.07, 6.45) is 1.58. The summed E-state index contributed by atoms with van der Waals surface area (Å²) in [5, 5.41) is 4.44. The van der Waals surface area contributed by atoms with Gasteiger partial charge < -0.3 is 5.32 Å². The van der Waals surface area contributed by atoms with Gasteiger partial charge in [-0.2, -0.15) is 0 Å². The largest absolute Gasteiger partial charge is 0.339 e. The van der Waals surface area contributed by atoms with Crippen molar-refractivity contribution in [1.29, 1.82) is 0 Å². The summed E-state index contributed by atoms with van der Waals surface area (Å²) in [4.78, 5) is 8.73. The van der Waals surface area contributed by atoms with Crippen molar-refractivity contribution in [1.82, 2.24) is 9.97 Å². The summed E-state index contributed by atoms with van der Waals surface area (Å²) in [6.45, 7) is 0. The first-order valence-electron chi connectivity index (χ1n) is 7.54. The SMILES string of the molecule is Brc1cccc(-c2c[c]ccc2Nc2ncnc3ccccc23)c1. The lowest BCUT2D eigenvalue weighted by molar-refractivity contribution is 1.22. The summed E-state index contributed by atoms with van der Waals surface area (Å²) in [5.41, 5.74) is 4.08. The van der Waals surface area contributed by atoms with E-state index in [1.165, 1.54) is 0 Å². The highest BCUT2D eigenvalue weighted by Gasteiger charge is 2.08. The number of nitrogens with zero attached hydrogens (tertiary/aromatic N) is 2. The molecular weight excluding hydrogens is 362 g/mol. The third kappa shape index (κ3) is 2.88. The normalized spacial score (nSPS) is 10.7. The van der Waals surface area contributed by atoms with Gasteiger partial charge in [0.2, 0.25) is 0 Å². The lowest BCUT2D eigenvalue weighted by atomic mass is 10.0. The van der Waals surface area contributed by atoms with E-state index in [-0.39, 0.29) is 0 Å². The molecule has 0 amide bonds. The number of benzene rings is 3. The van der Waals surface area contributed by atoms with E-state index in [1.54, 1.807) is 6.33 Å². The van der Waals surface area contributed by atoms with Gasteiger partial charge in [-0.05, 0) is 48.0 Å². The van der Waals surface area contributed by atoms with Gasteiger partial charge in [0, 0.05) is 21.1 Å². The van der Waals surface area contributed by atoms with Gasteiger partial charge in [-0.15, -0.1) is 0 Å². The molecule has 0 unspecified atom stereocenters. The Kier molecular flexibility index (Phi) is 3.97. The van der Waals surface area contributed by atoms with Crippen molar-refractivity contribution in [2.45, 2.75) is 0 Å². The van der Waals surface area contributed by atoms with E-state index in [2.05, 4.69) is 49.4 Å². The van der Waals surface area contributed by atoms with Crippen molar-refractivity contribution in [3.8, 4) is 11.1 Å². The number of halogens is 1. The molecule has 115 valence electrons. The Morgan fingerprint density at radius 1 is 0.958 bits per heavy atom. The Morgan fingerprint density at radius 3 is 2.79 bits per heavy atom. The van der Waals surface area contributed by atoms with Crippen molar-refractivity contribution >= 4 is 38.3 Å². The second-order valence-corrected chi connectivity index (χ2v) is 6.26. The Bertz CT molecular complexity index is 1010. The molecule has 4 aromatic rings. The Balaban J connectivity index is 1.80. The molecule has 0 spiro atoms. The van der Waals surface area contributed by atoms with Crippen molar-refractivity contribution < 1.29 is 0 Å². The fourth-order valence-electron chi connectivity index (χ4n) is 2.67. The molecule has 0 aliphatic heterocycles. The molecule has 4 heteroatoms. The van der Waals surface area contributed by atoms with E-state index in [0.29, 0.717) is 0 Å². The van der Waals surface area contributed by atoms with Gasteiger partial charge >= 0.3 is 0 Å². The number of fused-ring (bicyclic) bond motifs is 1. The van der Waals surface area contributed by atoms with E-state index < -0.39 is 0 Å². The van der Waals surface area contributed by atoms with Gasteiger partial charge in [0.25, 0.3) is 0 Å². The maximum absolute atomic E-state index is 4.41. The molecule has 0 atom stereocenters. The van der Waals surface area contributed by atoms with E-state index in [1.807, 2.05) is 54.6 Å². The van der Waals surface area contributed by atoms with Crippen LogP contribution in [-0.4, -0.2) is 9.97 Å². The minimum absolute atomic E-state index is 0.794. The number of rotatable bonds is 3. The maximum atomic E-state index is 4.41. The van der Waals surface area contributed by atoms with Gasteiger partial charge in [0.05, 0.1) is 5.52 Å². The molecule has 1 heterocycles. The van der Waals surface area contributed by atoms with Crippen LogP contribution in [0.5, 0.6) is 0 Å². The minimum atomic E-state index is 0.794. The zero-order valence-electron chi connectivity index (χ0n) is 12.7. The fourth-order valence-corrected chi connectivity index (χ4v) is 3.07. The molecule has 3 nitrogen and oxygen atoms in total. The molecule has 1 radical (unpaired) electrons. The highest BCUT2D eigenvalue weighted by molar-refractivity contribution is 9.10. The number of hydrogen-bond donors (Lipinski definition) is 1. The Morgan fingerprint density at radius 2 is 1.88 bits per heavy atom. The number of nitrogens with one attached hydrogen (secondary N) is 1. The molecule has 0 aliphatic carbocycles. The van der Waals surface area contributed by atoms with Crippen LogP contribution in [0.25, 0.3) is 22.0 Å². The monoisotopic (exact) mass is 374 g/mol. The molecule has 3 aromatic carbocycles. The summed E-state index contributed by atoms with van der Waals surface area (Å²) in [6, 6.07) is 25.2. The lowest BCUT2D eigenvalue weighted by Crippen LogP contribution is -1.97. The van der Waals surface area contributed by atoms with Gasteiger partial charge in [-0.25, -0.2) is 9.97 Å². The number of aromatic nitrogens is 2. The quantitative estimate of drug-likeness (QED) is 0.506. The zero-order valence-corrected chi connectivity index (χ0v) is 14.3. The second kappa shape index (κ2) is 6.42. The average molecular weight is 375 g/mol. The summed E-state index contributed by atoms with van der Waals surface area (Å²) >= 11 is 3.53. The topological polar surface area (TPSA) is 37.8 Å². The van der Waals surface area contributed by atoms with Crippen molar-refractivity contribution in [3.63, 3.8) is 0 Å². The van der Waals surface area contributed by atoms with Gasteiger partial charge in [-0.1, -0.05) is 46.3 Å². The summed E-state index contributed by atoms with van der Waals surface area (Å²) < 4.78 is 1.04. The molecule has 1 aromatic heterocycles. The number of para-hydroxylation sites is 1. The van der Waals surface area contributed by atoms with Gasteiger partial charge in [0.15, 0.2) is 0 Å². The van der Waals surface area contributed by atoms with Crippen molar-refractivity contribution in [3.05, 3.63) is 83.6 Å². The smallest absolute Gasteiger partial charge is 0.141 e. The molecule has 0 aliphatic rings. The molecule has 0 fully saturated rings. The Labute approximate surface area is 148 Å². The van der Waals surface area contributed by atoms with Crippen LogP contribution >= 0.6 is 15.9 Å². The van der Waals surface area contributed by atoms with Crippen LogP contribution in [0.3, 0.4) is 0 Å². The predicted molar refractivity (Wildman–Crippen MR) is 101 cm³/mol. The summed E-state index contributed by atoms with van der Waals surface area (Å²) in [5.74, 6) is 0.794. The van der Waals surface area contributed by atoms with Crippen LogP contribution in [0.2, 0.25) is 0 Å². The molecule has 0 bridgehead atoms. The lowest BCUT2D eigenvalue weighted by Gasteiger charge is -2.13. The van der Waals surface area contributed by atoms with E-state index >= 15 is 0 Å². The van der Waals surface area contributed by atoms with E-state index in [4.69, 9.17) is 0 Å². The third-order valence-corrected chi connectivity index (χ3v) is 4.29. The molecule has 24 heavy (non-hydrogen) atoms. The summed E-state index contributed by atoms with van der Waals surface area (Å²) in [7, 11) is 0. The molecule has 4 rings (SSSR count). The highest BCUT2D eigenvalue weighted by atomic mass is 79.9. The second-order valence-electron chi connectivity index (χ2n) is 5.35. The molecule has 1 N–H and O–H groups in total. The first-order valence-corrected chi connectivity index (χ1v) is 8.33. The van der Waals surface area contributed by atoms with Crippen LogP contribution in [0, 0.1) is 6.07 Å². The van der Waals surface area contributed by atoms with Gasteiger partial charge in [-0.3, -0.25) is 0 Å². The minimum Gasteiger partial charge on any atom is -0.339 e. The van der Waals surface area contributed by atoms with Crippen molar-refractivity contribution in [2.75, 3.05) is 5.32 Å². The maximum Gasteiger partial charge on any atom is 0.141 e. The third-order valence-electron chi connectivity index (χ3n) is 3.80. The molecule has 0 saturated heterocycles. The van der Waals surface area contributed by atoms with E-state index in [0.717, 1.165) is 38.0 Å². The zero-order chi connectivity index (χ0) is 16.4. The van der Waals surface area contributed by atoms with Crippen LogP contribution in [-0.2, 0) is 0 Å². The highest BCUT2D eigenvalue weighted by Crippen LogP contribution is 2.32. The first-order chi connectivity index (χ1) is 11.8. The first kappa shape index (κ1) is 14.8. The number of hydrogen-bond acceptors (Lipinski definition) is 3. The van der Waals surface area contributed by atoms with Crippen LogP contribution in [0.4, 0.5) is 11.5 Å². The standard InChI is InChI=1S/C20H13BrN3/c21-15-7-5-6-14(12-15)16-8-1-4-11-19(16)24-20-17-9-2-3-10-18(17)22-13-23-20/h2-13H,(H,22,23,24). The van der Waals surface area contributed by atoms with Crippen LogP contribution < -0.4 is 5.32 Å². The number of anilines is 2. The predicted octanol–water partition coefficient (Wildman–Crippen LogP) is 5.60. The van der Waals surface area contributed by atoms with Crippen molar-refractivity contribution in [2.24, 2.45) is 0 Å². The van der Waals surface area contributed by atoms with Crippen LogP contribution in [0.1, 0.15) is 0 Å². The Hall–Kier alpha value is -2.72. The van der Waals surface area contributed by atoms with E-state index in [9.17, 15) is 0 Å². The average Bonchev–Trinajstić information content (AvgIpc) is 2.62. The van der Waals surface area contributed by atoms with Crippen LogP contribution in [0.15, 0.2) is 77.5 Å². The van der Waals surface area contributed by atoms with Gasteiger partial charge in [0.1, 0.15) is 12.1 Å².